The van der Waals surface area contributed by atoms with Crippen molar-refractivity contribution in [2.24, 2.45) is 0 Å². The van der Waals surface area contributed by atoms with Crippen LogP contribution in [0.15, 0.2) is 60.7 Å². The molecule has 3 aromatic carbocycles. The average molecular weight is 432 g/mol. The van der Waals surface area contributed by atoms with Gasteiger partial charge < -0.3 is 15.0 Å². The van der Waals surface area contributed by atoms with Crippen molar-refractivity contribution in [3.8, 4) is 16.9 Å². The van der Waals surface area contributed by atoms with Crippen LogP contribution in [0.1, 0.15) is 24.2 Å². The Morgan fingerprint density at radius 2 is 1.56 bits per heavy atom. The highest BCUT2D eigenvalue weighted by Gasteiger charge is 2.14. The SMILES string of the molecule is CC(C)Oc1ccc(-c2ccc3cc(C(=O)NCCN4CCN(C)CC4)ccc3c2)cc1. The van der Waals surface area contributed by atoms with Crippen molar-refractivity contribution in [1.82, 2.24) is 15.1 Å². The number of hydrogen-bond acceptors (Lipinski definition) is 4. The third-order valence-electron chi connectivity index (χ3n) is 5.97. The van der Waals surface area contributed by atoms with Gasteiger partial charge in [-0.25, -0.2) is 0 Å². The van der Waals surface area contributed by atoms with Gasteiger partial charge >= 0.3 is 0 Å². The minimum atomic E-state index is -0.00848. The molecule has 0 radical (unpaired) electrons. The minimum absolute atomic E-state index is 0.00848. The fraction of sp³-hybridized carbons (Fsp3) is 0.370. The Morgan fingerprint density at radius 3 is 2.28 bits per heavy atom. The van der Waals surface area contributed by atoms with E-state index in [1.807, 2.05) is 44.2 Å². The van der Waals surface area contributed by atoms with Crippen LogP contribution in [0.5, 0.6) is 5.75 Å². The van der Waals surface area contributed by atoms with Crippen molar-refractivity contribution >= 4 is 16.7 Å². The lowest BCUT2D eigenvalue weighted by Crippen LogP contribution is -2.46. The largest absolute Gasteiger partial charge is 0.491 e. The fourth-order valence-corrected chi connectivity index (χ4v) is 4.07. The van der Waals surface area contributed by atoms with Crippen LogP contribution in [-0.4, -0.2) is 68.1 Å². The van der Waals surface area contributed by atoms with E-state index >= 15 is 0 Å². The van der Waals surface area contributed by atoms with Crippen LogP contribution < -0.4 is 10.1 Å². The molecule has 0 aliphatic carbocycles. The van der Waals surface area contributed by atoms with Crippen LogP contribution in [-0.2, 0) is 0 Å². The standard InChI is InChI=1S/C27H33N3O2/c1-20(2)32-26-10-8-21(9-11-26)22-4-5-24-19-25(7-6-23(24)18-22)27(31)28-12-13-30-16-14-29(3)15-17-30/h4-11,18-20H,12-17H2,1-3H3,(H,28,31). The van der Waals surface area contributed by atoms with Gasteiger partial charge in [0, 0.05) is 44.8 Å². The van der Waals surface area contributed by atoms with Gasteiger partial charge in [-0.15, -0.1) is 0 Å². The number of nitrogens with one attached hydrogen (secondary N) is 1. The number of carbonyl (C=O) groups is 1. The maximum Gasteiger partial charge on any atom is 0.251 e. The maximum atomic E-state index is 12.6. The molecular weight excluding hydrogens is 398 g/mol. The first-order valence-electron chi connectivity index (χ1n) is 11.5. The molecule has 0 unspecified atom stereocenters. The molecule has 1 aliphatic rings. The Kier molecular flexibility index (Phi) is 7.08. The zero-order valence-electron chi connectivity index (χ0n) is 19.3. The van der Waals surface area contributed by atoms with Gasteiger partial charge in [-0.05, 0) is 73.1 Å². The predicted octanol–water partition coefficient (Wildman–Crippen LogP) is 4.27. The number of piperazine rings is 1. The fourth-order valence-electron chi connectivity index (χ4n) is 4.07. The topological polar surface area (TPSA) is 44.8 Å². The van der Waals surface area contributed by atoms with E-state index in [9.17, 15) is 4.79 Å². The average Bonchev–Trinajstić information content (AvgIpc) is 2.80. The Bertz CT molecular complexity index is 1050. The number of hydrogen-bond donors (Lipinski definition) is 1. The summed E-state index contributed by atoms with van der Waals surface area (Å²) in [4.78, 5) is 17.4. The zero-order valence-corrected chi connectivity index (χ0v) is 19.3. The van der Waals surface area contributed by atoms with E-state index in [0.717, 1.165) is 60.4 Å². The molecule has 0 bridgehead atoms. The molecule has 0 aromatic heterocycles. The highest BCUT2D eigenvalue weighted by Crippen LogP contribution is 2.27. The molecule has 1 aliphatic heterocycles. The highest BCUT2D eigenvalue weighted by atomic mass is 16.5. The molecule has 4 rings (SSSR count). The van der Waals surface area contributed by atoms with Crippen LogP contribution in [0.25, 0.3) is 21.9 Å². The number of carbonyl (C=O) groups excluding carboxylic acids is 1. The molecular formula is C27H33N3O2. The molecule has 5 heteroatoms. The first kappa shape index (κ1) is 22.3. The second-order valence-corrected chi connectivity index (χ2v) is 8.87. The third-order valence-corrected chi connectivity index (χ3v) is 5.97. The summed E-state index contributed by atoms with van der Waals surface area (Å²) in [5.41, 5.74) is 3.01. The van der Waals surface area contributed by atoms with Gasteiger partial charge in [-0.3, -0.25) is 9.69 Å². The van der Waals surface area contributed by atoms with Crippen LogP contribution in [0, 0.1) is 0 Å². The van der Waals surface area contributed by atoms with Crippen molar-refractivity contribution in [2.75, 3.05) is 46.3 Å². The van der Waals surface area contributed by atoms with Gasteiger partial charge in [0.25, 0.3) is 5.91 Å². The molecule has 32 heavy (non-hydrogen) atoms. The van der Waals surface area contributed by atoms with Gasteiger partial charge in [-0.2, -0.15) is 0 Å². The van der Waals surface area contributed by atoms with Crippen LogP contribution in [0.3, 0.4) is 0 Å². The lowest BCUT2D eigenvalue weighted by molar-refractivity contribution is 0.0941. The molecule has 0 spiro atoms. The molecule has 0 atom stereocenters. The minimum Gasteiger partial charge on any atom is -0.491 e. The van der Waals surface area contributed by atoms with Gasteiger partial charge in [-0.1, -0.05) is 30.3 Å². The van der Waals surface area contributed by atoms with Gasteiger partial charge in [0.15, 0.2) is 0 Å². The number of ether oxygens (including phenoxy) is 1. The first-order chi connectivity index (χ1) is 15.5. The number of likely N-dealkylation sites (N-methyl/N-ethyl adjacent to an activating group) is 1. The van der Waals surface area contributed by atoms with Crippen molar-refractivity contribution in [3.05, 3.63) is 66.2 Å². The Hall–Kier alpha value is -2.89. The van der Waals surface area contributed by atoms with E-state index in [2.05, 4.69) is 52.5 Å². The summed E-state index contributed by atoms with van der Waals surface area (Å²) in [6, 6.07) is 20.5. The highest BCUT2D eigenvalue weighted by molar-refractivity contribution is 5.99. The van der Waals surface area contributed by atoms with Crippen molar-refractivity contribution in [3.63, 3.8) is 0 Å². The summed E-state index contributed by atoms with van der Waals surface area (Å²) < 4.78 is 5.74. The van der Waals surface area contributed by atoms with Gasteiger partial charge in [0.2, 0.25) is 0 Å². The van der Waals surface area contributed by atoms with E-state index in [4.69, 9.17) is 4.74 Å². The number of nitrogens with zero attached hydrogens (tertiary/aromatic N) is 2. The summed E-state index contributed by atoms with van der Waals surface area (Å²) in [6.45, 7) is 9.95. The third kappa shape index (κ3) is 5.67. The Balaban J connectivity index is 1.38. The van der Waals surface area contributed by atoms with Gasteiger partial charge in [0.05, 0.1) is 6.10 Å². The van der Waals surface area contributed by atoms with E-state index in [-0.39, 0.29) is 12.0 Å². The smallest absolute Gasteiger partial charge is 0.251 e. The molecule has 1 saturated heterocycles. The van der Waals surface area contributed by atoms with E-state index in [1.54, 1.807) is 0 Å². The van der Waals surface area contributed by atoms with Crippen molar-refractivity contribution < 1.29 is 9.53 Å². The number of amides is 1. The number of fused-ring (bicyclic) bond motifs is 1. The second-order valence-electron chi connectivity index (χ2n) is 8.87. The van der Waals surface area contributed by atoms with Crippen LogP contribution in [0.4, 0.5) is 0 Å². The summed E-state index contributed by atoms with van der Waals surface area (Å²) in [5.74, 6) is 0.874. The first-order valence-corrected chi connectivity index (χ1v) is 11.5. The maximum absolute atomic E-state index is 12.6. The van der Waals surface area contributed by atoms with E-state index in [0.29, 0.717) is 12.1 Å². The Morgan fingerprint density at radius 1 is 0.906 bits per heavy atom. The predicted molar refractivity (Wildman–Crippen MR) is 131 cm³/mol. The summed E-state index contributed by atoms with van der Waals surface area (Å²) in [6.07, 6.45) is 0.166. The number of rotatable bonds is 7. The number of benzene rings is 3. The molecule has 1 fully saturated rings. The van der Waals surface area contributed by atoms with E-state index in [1.165, 1.54) is 0 Å². The second kappa shape index (κ2) is 10.2. The lowest BCUT2D eigenvalue weighted by atomic mass is 10.00. The summed E-state index contributed by atoms with van der Waals surface area (Å²) in [7, 11) is 2.15. The lowest BCUT2D eigenvalue weighted by Gasteiger charge is -2.32. The molecule has 1 amide bonds. The summed E-state index contributed by atoms with van der Waals surface area (Å²) >= 11 is 0. The quantitative estimate of drug-likeness (QED) is 0.607. The normalized spacial score (nSPS) is 15.2. The molecule has 168 valence electrons. The molecule has 3 aromatic rings. The van der Waals surface area contributed by atoms with E-state index < -0.39 is 0 Å². The monoisotopic (exact) mass is 431 g/mol. The summed E-state index contributed by atoms with van der Waals surface area (Å²) in [5, 5.41) is 5.27. The molecule has 0 saturated carbocycles. The van der Waals surface area contributed by atoms with Gasteiger partial charge in [0.1, 0.15) is 5.75 Å². The molecule has 1 heterocycles. The van der Waals surface area contributed by atoms with Crippen molar-refractivity contribution in [2.45, 2.75) is 20.0 Å². The molecule has 5 nitrogen and oxygen atoms in total. The van der Waals surface area contributed by atoms with Crippen LogP contribution >= 0.6 is 0 Å². The van der Waals surface area contributed by atoms with Crippen LogP contribution in [0.2, 0.25) is 0 Å². The van der Waals surface area contributed by atoms with Crippen molar-refractivity contribution in [1.29, 1.82) is 0 Å². The zero-order chi connectivity index (χ0) is 22.5. The Labute approximate surface area is 191 Å². The molecule has 1 N–H and O–H groups in total.